The maximum Gasteiger partial charge on any atom is 0.0776 e. The molecule has 2 aromatic rings. The van der Waals surface area contributed by atoms with Gasteiger partial charge in [-0.05, 0) is 35.9 Å². The molecular formula is C14H11ClOS. The van der Waals surface area contributed by atoms with Crippen molar-refractivity contribution in [2.45, 2.75) is 4.90 Å². The van der Waals surface area contributed by atoms with Gasteiger partial charge >= 0.3 is 0 Å². The summed E-state index contributed by atoms with van der Waals surface area (Å²) in [4.78, 5) is 0.803. The Balaban J connectivity index is 2.11. The van der Waals surface area contributed by atoms with Gasteiger partial charge in [-0.3, -0.25) is 0 Å². The van der Waals surface area contributed by atoms with Gasteiger partial charge in [0.25, 0.3) is 0 Å². The van der Waals surface area contributed by atoms with Crippen LogP contribution in [0.1, 0.15) is 5.56 Å². The molecular weight excluding hydrogens is 252 g/mol. The van der Waals surface area contributed by atoms with Crippen LogP contribution in [-0.2, 0) is 10.8 Å². The Morgan fingerprint density at radius 1 is 0.941 bits per heavy atom. The maximum atomic E-state index is 11.9. The Labute approximate surface area is 108 Å². The molecule has 1 nitrogen and oxygen atoms in total. The van der Waals surface area contributed by atoms with Crippen molar-refractivity contribution in [3.8, 4) is 0 Å². The summed E-state index contributed by atoms with van der Waals surface area (Å²) in [7, 11) is -1.10. The van der Waals surface area contributed by atoms with Gasteiger partial charge in [0.15, 0.2) is 0 Å². The fourth-order valence-electron chi connectivity index (χ4n) is 1.35. The molecule has 0 unspecified atom stereocenters. The van der Waals surface area contributed by atoms with E-state index in [1.54, 1.807) is 5.41 Å². The lowest BCUT2D eigenvalue weighted by Gasteiger charge is -1.96. The van der Waals surface area contributed by atoms with E-state index in [4.69, 9.17) is 11.6 Å². The highest BCUT2D eigenvalue weighted by Crippen LogP contribution is 2.12. The predicted octanol–water partition coefficient (Wildman–Crippen LogP) is 4.12. The predicted molar refractivity (Wildman–Crippen MR) is 73.3 cm³/mol. The van der Waals surface area contributed by atoms with Crippen molar-refractivity contribution in [3.63, 3.8) is 0 Å². The number of benzene rings is 2. The number of hydrogen-bond acceptors (Lipinski definition) is 1. The highest BCUT2D eigenvalue weighted by atomic mass is 35.5. The van der Waals surface area contributed by atoms with Gasteiger partial charge in [0.05, 0.1) is 10.8 Å². The van der Waals surface area contributed by atoms with E-state index >= 15 is 0 Å². The molecule has 3 heteroatoms. The topological polar surface area (TPSA) is 17.1 Å². The van der Waals surface area contributed by atoms with Gasteiger partial charge in [-0.1, -0.05) is 41.9 Å². The van der Waals surface area contributed by atoms with Crippen molar-refractivity contribution >= 4 is 28.5 Å². The van der Waals surface area contributed by atoms with Crippen LogP contribution in [0.2, 0.25) is 5.02 Å². The second-order valence-electron chi connectivity index (χ2n) is 3.46. The summed E-state index contributed by atoms with van der Waals surface area (Å²) >= 11 is 5.79. The van der Waals surface area contributed by atoms with Crippen LogP contribution in [0.4, 0.5) is 0 Å². The summed E-state index contributed by atoms with van der Waals surface area (Å²) < 4.78 is 11.9. The highest BCUT2D eigenvalue weighted by molar-refractivity contribution is 7.88. The van der Waals surface area contributed by atoms with Crippen LogP contribution in [0.3, 0.4) is 0 Å². The molecule has 86 valence electrons. The van der Waals surface area contributed by atoms with Gasteiger partial charge in [-0.15, -0.1) is 0 Å². The number of hydrogen-bond donors (Lipinski definition) is 0. The van der Waals surface area contributed by atoms with Crippen LogP contribution in [0.25, 0.3) is 6.08 Å². The van der Waals surface area contributed by atoms with Crippen LogP contribution >= 0.6 is 11.6 Å². The Hall–Kier alpha value is -1.38. The third kappa shape index (κ3) is 3.55. The van der Waals surface area contributed by atoms with Gasteiger partial charge in [-0.25, -0.2) is 4.21 Å². The van der Waals surface area contributed by atoms with Gasteiger partial charge in [0.1, 0.15) is 0 Å². The van der Waals surface area contributed by atoms with E-state index in [0.29, 0.717) is 5.02 Å². The van der Waals surface area contributed by atoms with E-state index in [0.717, 1.165) is 10.5 Å². The zero-order chi connectivity index (χ0) is 12.1. The highest BCUT2D eigenvalue weighted by Gasteiger charge is 1.97. The second kappa shape index (κ2) is 5.80. The number of rotatable bonds is 3. The van der Waals surface area contributed by atoms with Gasteiger partial charge < -0.3 is 0 Å². The first-order chi connectivity index (χ1) is 8.25. The Morgan fingerprint density at radius 3 is 2.24 bits per heavy atom. The molecule has 1 atom stereocenters. The van der Waals surface area contributed by atoms with Crippen molar-refractivity contribution in [3.05, 3.63) is 70.6 Å². The minimum atomic E-state index is -1.10. The summed E-state index contributed by atoms with van der Waals surface area (Å²) in [5.41, 5.74) is 0.985. The molecule has 0 aliphatic heterocycles. The lowest BCUT2D eigenvalue weighted by molar-refractivity contribution is 0.688. The molecule has 0 amide bonds. The van der Waals surface area contributed by atoms with E-state index < -0.39 is 10.8 Å². The zero-order valence-electron chi connectivity index (χ0n) is 9.05. The summed E-state index contributed by atoms with van der Waals surface area (Å²) in [5, 5.41) is 2.38. The molecule has 0 aromatic heterocycles. The van der Waals surface area contributed by atoms with Gasteiger partial charge in [-0.2, -0.15) is 0 Å². The lowest BCUT2D eigenvalue weighted by atomic mass is 10.2. The molecule has 2 rings (SSSR count). The molecule has 0 radical (unpaired) electrons. The minimum absolute atomic E-state index is 0.700. The first-order valence-electron chi connectivity index (χ1n) is 5.15. The smallest absolute Gasteiger partial charge is 0.0776 e. The first kappa shape index (κ1) is 12.1. The summed E-state index contributed by atoms with van der Waals surface area (Å²) in [6.45, 7) is 0. The van der Waals surface area contributed by atoms with Crippen molar-refractivity contribution in [2.75, 3.05) is 0 Å². The number of halogens is 1. The largest absolute Gasteiger partial charge is 0.250 e. The lowest BCUT2D eigenvalue weighted by Crippen LogP contribution is -1.84. The molecule has 0 saturated carbocycles. The van der Waals surface area contributed by atoms with Crippen LogP contribution in [0.5, 0.6) is 0 Å². The van der Waals surface area contributed by atoms with Crippen LogP contribution < -0.4 is 0 Å². The first-order valence-corrected chi connectivity index (χ1v) is 6.74. The van der Waals surface area contributed by atoms with Crippen LogP contribution in [0, 0.1) is 0 Å². The fraction of sp³-hybridized carbons (Fsp3) is 0. The third-order valence-electron chi connectivity index (χ3n) is 2.23. The summed E-state index contributed by atoms with van der Waals surface area (Å²) in [5.74, 6) is 0. The van der Waals surface area contributed by atoms with Crippen molar-refractivity contribution in [1.29, 1.82) is 0 Å². The summed E-state index contributed by atoms with van der Waals surface area (Å²) in [6, 6.07) is 16.8. The van der Waals surface area contributed by atoms with Gasteiger partial charge in [0, 0.05) is 15.3 Å². The molecule has 0 bridgehead atoms. The molecule has 0 saturated heterocycles. The van der Waals surface area contributed by atoms with E-state index in [1.165, 1.54) is 0 Å². The van der Waals surface area contributed by atoms with E-state index in [-0.39, 0.29) is 0 Å². The molecule has 0 fully saturated rings. The van der Waals surface area contributed by atoms with Crippen LogP contribution in [0.15, 0.2) is 64.9 Å². The standard InChI is InChI=1S/C14H11ClOS/c15-13-8-6-12(7-9-13)10-11-17(16)14-4-2-1-3-5-14/h1-11H/b11-10-/t17-/m1/s1. The third-order valence-corrected chi connectivity index (χ3v) is 3.60. The summed E-state index contributed by atoms with van der Waals surface area (Å²) in [6.07, 6.45) is 1.83. The molecule has 17 heavy (non-hydrogen) atoms. The SMILES string of the molecule is O=[S@](/C=C\c1ccc(Cl)cc1)c1ccccc1. The monoisotopic (exact) mass is 262 g/mol. The fourth-order valence-corrected chi connectivity index (χ4v) is 2.34. The van der Waals surface area contributed by atoms with Gasteiger partial charge in [0.2, 0.25) is 0 Å². The molecule has 0 aliphatic rings. The average Bonchev–Trinajstić information content (AvgIpc) is 2.39. The average molecular weight is 263 g/mol. The quantitative estimate of drug-likeness (QED) is 0.813. The Bertz CT molecular complexity index is 532. The zero-order valence-corrected chi connectivity index (χ0v) is 10.6. The van der Waals surface area contributed by atoms with Crippen LogP contribution in [-0.4, -0.2) is 4.21 Å². The second-order valence-corrected chi connectivity index (χ2v) is 5.24. The minimum Gasteiger partial charge on any atom is -0.250 e. The van der Waals surface area contributed by atoms with E-state index in [1.807, 2.05) is 60.7 Å². The Kier molecular flexibility index (Phi) is 4.13. The molecule has 0 N–H and O–H groups in total. The van der Waals surface area contributed by atoms with E-state index in [2.05, 4.69) is 0 Å². The maximum absolute atomic E-state index is 11.9. The molecule has 0 heterocycles. The van der Waals surface area contributed by atoms with Crippen molar-refractivity contribution in [1.82, 2.24) is 0 Å². The molecule has 0 spiro atoms. The molecule has 2 aromatic carbocycles. The van der Waals surface area contributed by atoms with Crippen molar-refractivity contribution < 1.29 is 4.21 Å². The Morgan fingerprint density at radius 2 is 1.59 bits per heavy atom. The van der Waals surface area contributed by atoms with E-state index in [9.17, 15) is 4.21 Å². The normalized spacial score (nSPS) is 12.8. The van der Waals surface area contributed by atoms with Crippen molar-refractivity contribution in [2.24, 2.45) is 0 Å². The molecule has 0 aliphatic carbocycles.